The lowest BCUT2D eigenvalue weighted by atomic mass is 10.0. The second-order valence-electron chi connectivity index (χ2n) is 5.29. The molecule has 1 aromatic carbocycles. The van der Waals surface area contributed by atoms with Crippen LogP contribution >= 0.6 is 27.5 Å². The third kappa shape index (κ3) is 3.83. The van der Waals surface area contributed by atoms with Gasteiger partial charge in [0.1, 0.15) is 5.82 Å². The van der Waals surface area contributed by atoms with Gasteiger partial charge in [0.2, 0.25) is 0 Å². The molecule has 0 aromatic heterocycles. The minimum atomic E-state index is -0.322. The van der Waals surface area contributed by atoms with E-state index in [1.54, 1.807) is 0 Å². The van der Waals surface area contributed by atoms with Crippen LogP contribution in [0, 0.1) is 5.82 Å². The Bertz CT molecular complexity index is 422. The summed E-state index contributed by atoms with van der Waals surface area (Å²) in [6.07, 6.45) is 2.16. The number of benzene rings is 1. The molecule has 1 N–H and O–H groups in total. The van der Waals surface area contributed by atoms with Crippen molar-refractivity contribution < 1.29 is 4.39 Å². The van der Waals surface area contributed by atoms with E-state index >= 15 is 0 Å². The molecule has 0 spiro atoms. The second kappa shape index (κ2) is 6.42. The van der Waals surface area contributed by atoms with Crippen molar-refractivity contribution in [3.8, 4) is 0 Å². The van der Waals surface area contributed by atoms with E-state index in [1.807, 2.05) is 0 Å². The van der Waals surface area contributed by atoms with Gasteiger partial charge >= 0.3 is 0 Å². The molecule has 0 saturated carbocycles. The first-order chi connectivity index (χ1) is 8.97. The number of hydrogen-bond acceptors (Lipinski definition) is 2. The van der Waals surface area contributed by atoms with Gasteiger partial charge in [-0.05, 0) is 54.8 Å². The minimum absolute atomic E-state index is 0.322. The van der Waals surface area contributed by atoms with Crippen molar-refractivity contribution in [1.82, 2.24) is 4.90 Å². The number of nitrogens with one attached hydrogen (secondary N) is 1. The highest BCUT2D eigenvalue weighted by Gasteiger charge is 2.22. The number of nitrogens with zero attached hydrogens (tertiary/aromatic N) is 1. The number of piperidine rings is 1. The van der Waals surface area contributed by atoms with E-state index in [4.69, 9.17) is 11.6 Å². The van der Waals surface area contributed by atoms with Crippen LogP contribution in [-0.2, 0) is 0 Å². The van der Waals surface area contributed by atoms with Gasteiger partial charge in [-0.3, -0.25) is 0 Å². The van der Waals surface area contributed by atoms with Gasteiger partial charge in [-0.2, -0.15) is 0 Å². The van der Waals surface area contributed by atoms with Crippen molar-refractivity contribution >= 4 is 33.2 Å². The maximum Gasteiger partial charge on any atom is 0.125 e. The lowest BCUT2D eigenvalue weighted by molar-refractivity contribution is 0.177. The zero-order valence-electron chi connectivity index (χ0n) is 11.2. The van der Waals surface area contributed by atoms with Crippen LogP contribution in [-0.4, -0.2) is 30.1 Å². The molecule has 1 aromatic rings. The topological polar surface area (TPSA) is 15.3 Å². The average molecular weight is 350 g/mol. The summed E-state index contributed by atoms with van der Waals surface area (Å²) in [5, 5.41) is 3.86. The number of anilines is 1. The summed E-state index contributed by atoms with van der Waals surface area (Å²) in [6.45, 7) is 6.62. The second-order valence-corrected chi connectivity index (χ2v) is 6.55. The molecule has 1 aliphatic heterocycles. The number of rotatable bonds is 3. The van der Waals surface area contributed by atoms with Gasteiger partial charge in [-0.1, -0.05) is 11.6 Å². The molecule has 0 radical (unpaired) electrons. The molecular formula is C14H19BrClFN2. The molecule has 1 heterocycles. The molecular weight excluding hydrogens is 331 g/mol. The van der Waals surface area contributed by atoms with Gasteiger partial charge in [-0.15, -0.1) is 0 Å². The Morgan fingerprint density at radius 1 is 1.37 bits per heavy atom. The molecule has 0 amide bonds. The number of halogens is 3. The summed E-state index contributed by atoms with van der Waals surface area (Å²) in [7, 11) is 0. The van der Waals surface area contributed by atoms with Gasteiger partial charge in [0.05, 0.1) is 10.7 Å². The van der Waals surface area contributed by atoms with Crippen molar-refractivity contribution in [3.63, 3.8) is 0 Å². The summed E-state index contributed by atoms with van der Waals surface area (Å²) >= 11 is 9.45. The van der Waals surface area contributed by atoms with Crippen molar-refractivity contribution in [2.24, 2.45) is 0 Å². The standard InChI is InChI=1S/C14H19BrClFN2/c1-9(2)19-5-3-11(4-6-19)18-14-12(15)7-10(17)8-13(14)16/h7-9,11,18H,3-6H2,1-2H3. The predicted octanol–water partition coefficient (Wildman–Crippen LogP) is 4.53. The molecule has 1 aliphatic rings. The fourth-order valence-electron chi connectivity index (χ4n) is 2.44. The van der Waals surface area contributed by atoms with E-state index in [9.17, 15) is 4.39 Å². The zero-order chi connectivity index (χ0) is 14.0. The van der Waals surface area contributed by atoms with Gasteiger partial charge in [-0.25, -0.2) is 4.39 Å². The Balaban J connectivity index is 2.00. The molecule has 0 bridgehead atoms. The monoisotopic (exact) mass is 348 g/mol. The average Bonchev–Trinajstić information content (AvgIpc) is 2.34. The van der Waals surface area contributed by atoms with E-state index in [2.05, 4.69) is 40.0 Å². The molecule has 2 rings (SSSR count). The molecule has 0 unspecified atom stereocenters. The van der Waals surface area contributed by atoms with Crippen LogP contribution in [0.15, 0.2) is 16.6 Å². The van der Waals surface area contributed by atoms with Crippen molar-refractivity contribution in [2.75, 3.05) is 18.4 Å². The van der Waals surface area contributed by atoms with Crippen LogP contribution in [0.4, 0.5) is 10.1 Å². The van der Waals surface area contributed by atoms with E-state index < -0.39 is 0 Å². The summed E-state index contributed by atoms with van der Waals surface area (Å²) in [5.74, 6) is -0.322. The highest BCUT2D eigenvalue weighted by atomic mass is 79.9. The first-order valence-corrected chi connectivity index (χ1v) is 7.79. The quantitative estimate of drug-likeness (QED) is 0.862. The van der Waals surface area contributed by atoms with E-state index in [0.717, 1.165) is 31.6 Å². The van der Waals surface area contributed by atoms with E-state index in [0.29, 0.717) is 21.6 Å². The lowest BCUT2D eigenvalue weighted by Crippen LogP contribution is -2.42. The van der Waals surface area contributed by atoms with Gasteiger partial charge in [0, 0.05) is 29.6 Å². The molecule has 0 atom stereocenters. The van der Waals surface area contributed by atoms with Crippen LogP contribution in [0.3, 0.4) is 0 Å². The summed E-state index contributed by atoms with van der Waals surface area (Å²) in [5.41, 5.74) is 0.797. The first kappa shape index (κ1) is 15.1. The third-order valence-corrected chi connectivity index (χ3v) is 4.54. The normalized spacial score (nSPS) is 18.0. The van der Waals surface area contributed by atoms with Gasteiger partial charge in [0.15, 0.2) is 0 Å². The third-order valence-electron chi connectivity index (χ3n) is 3.62. The SMILES string of the molecule is CC(C)N1CCC(Nc2c(Cl)cc(F)cc2Br)CC1. The van der Waals surface area contributed by atoms with Crippen LogP contribution in [0.2, 0.25) is 5.02 Å². The largest absolute Gasteiger partial charge is 0.380 e. The highest BCUT2D eigenvalue weighted by molar-refractivity contribution is 9.10. The molecule has 19 heavy (non-hydrogen) atoms. The van der Waals surface area contributed by atoms with Gasteiger partial charge < -0.3 is 10.2 Å². The zero-order valence-corrected chi connectivity index (χ0v) is 13.6. The Kier molecular flexibility index (Phi) is 5.09. The summed E-state index contributed by atoms with van der Waals surface area (Å²) < 4.78 is 13.9. The number of hydrogen-bond donors (Lipinski definition) is 1. The maximum atomic E-state index is 13.2. The molecule has 0 aliphatic carbocycles. The molecule has 1 saturated heterocycles. The smallest absolute Gasteiger partial charge is 0.125 e. The molecule has 1 fully saturated rings. The van der Waals surface area contributed by atoms with Crippen LogP contribution in [0.5, 0.6) is 0 Å². The Hall–Kier alpha value is -0.320. The van der Waals surface area contributed by atoms with E-state index in [1.165, 1.54) is 12.1 Å². The lowest BCUT2D eigenvalue weighted by Gasteiger charge is -2.35. The van der Waals surface area contributed by atoms with E-state index in [-0.39, 0.29) is 5.82 Å². The minimum Gasteiger partial charge on any atom is -0.380 e. The molecule has 5 heteroatoms. The first-order valence-electron chi connectivity index (χ1n) is 6.62. The Morgan fingerprint density at radius 2 is 2.00 bits per heavy atom. The summed E-state index contributed by atoms with van der Waals surface area (Å²) in [6, 6.07) is 3.78. The highest BCUT2D eigenvalue weighted by Crippen LogP contribution is 2.33. The molecule has 2 nitrogen and oxygen atoms in total. The Morgan fingerprint density at radius 3 is 2.53 bits per heavy atom. The fourth-order valence-corrected chi connectivity index (χ4v) is 3.37. The van der Waals surface area contributed by atoms with Crippen LogP contribution < -0.4 is 5.32 Å². The fraction of sp³-hybridized carbons (Fsp3) is 0.571. The molecule has 106 valence electrons. The predicted molar refractivity (Wildman–Crippen MR) is 82.5 cm³/mol. The van der Waals surface area contributed by atoms with Gasteiger partial charge in [0.25, 0.3) is 0 Å². The van der Waals surface area contributed by atoms with Crippen LogP contribution in [0.1, 0.15) is 26.7 Å². The Labute approximate surface area is 127 Å². The number of likely N-dealkylation sites (tertiary alicyclic amines) is 1. The van der Waals surface area contributed by atoms with Crippen molar-refractivity contribution in [3.05, 3.63) is 27.4 Å². The maximum absolute atomic E-state index is 13.2. The van der Waals surface area contributed by atoms with Crippen LogP contribution in [0.25, 0.3) is 0 Å². The van der Waals surface area contributed by atoms with Crippen molar-refractivity contribution in [1.29, 1.82) is 0 Å². The van der Waals surface area contributed by atoms with Crippen molar-refractivity contribution in [2.45, 2.75) is 38.8 Å². The summed E-state index contributed by atoms with van der Waals surface area (Å²) in [4.78, 5) is 2.47.